The van der Waals surface area contributed by atoms with Crippen LogP contribution < -0.4 is 15.0 Å². The fraction of sp³-hybridized carbons (Fsp3) is 0.350. The highest BCUT2D eigenvalue weighted by molar-refractivity contribution is 9.10. The summed E-state index contributed by atoms with van der Waals surface area (Å²) in [4.78, 5) is 14.0. The summed E-state index contributed by atoms with van der Waals surface area (Å²) in [6, 6.07) is 13.4. The standard InChI is InChI=1S/C20H23BrN2O3/c1-2-26-19-8-5-16(13-18(19)21)20(24)22-17-6-3-15(4-7-17)14-23-9-11-25-12-10-23/h3-8,13H,2,9-12,14H2,1H3,(H,22,24)/p+1. The lowest BCUT2D eigenvalue weighted by atomic mass is 10.1. The maximum absolute atomic E-state index is 12.4. The minimum atomic E-state index is -0.139. The van der Waals surface area contributed by atoms with Crippen LogP contribution in [0.3, 0.4) is 0 Å². The van der Waals surface area contributed by atoms with E-state index in [1.165, 1.54) is 10.5 Å². The number of rotatable bonds is 6. The molecule has 1 aliphatic rings. The first-order valence-electron chi connectivity index (χ1n) is 8.89. The summed E-state index contributed by atoms with van der Waals surface area (Å²) in [5, 5.41) is 2.94. The van der Waals surface area contributed by atoms with Crippen LogP contribution in [0, 0.1) is 0 Å². The number of amides is 1. The summed E-state index contributed by atoms with van der Waals surface area (Å²) in [5.41, 5.74) is 2.65. The van der Waals surface area contributed by atoms with Crippen molar-refractivity contribution in [2.24, 2.45) is 0 Å². The molecule has 2 aromatic rings. The second kappa shape index (κ2) is 9.16. The van der Waals surface area contributed by atoms with E-state index in [1.807, 2.05) is 19.1 Å². The third kappa shape index (κ3) is 5.06. The number of ether oxygens (including phenoxy) is 2. The first kappa shape index (κ1) is 18.9. The van der Waals surface area contributed by atoms with E-state index in [0.29, 0.717) is 12.2 Å². The minimum absolute atomic E-state index is 0.139. The number of morpholine rings is 1. The normalized spacial score (nSPS) is 14.8. The van der Waals surface area contributed by atoms with Crippen molar-refractivity contribution in [3.63, 3.8) is 0 Å². The molecule has 0 radical (unpaired) electrons. The molecule has 0 saturated carbocycles. The van der Waals surface area contributed by atoms with Gasteiger partial charge in [0.15, 0.2) is 0 Å². The summed E-state index contributed by atoms with van der Waals surface area (Å²) in [6.07, 6.45) is 0. The van der Waals surface area contributed by atoms with Gasteiger partial charge < -0.3 is 19.7 Å². The Labute approximate surface area is 162 Å². The molecule has 0 aromatic heterocycles. The molecule has 0 bridgehead atoms. The molecule has 6 heteroatoms. The number of anilines is 1. The number of benzene rings is 2. The van der Waals surface area contributed by atoms with Crippen molar-refractivity contribution in [2.75, 3.05) is 38.2 Å². The van der Waals surface area contributed by atoms with Crippen LogP contribution in [0.15, 0.2) is 46.9 Å². The molecule has 138 valence electrons. The smallest absolute Gasteiger partial charge is 0.255 e. The van der Waals surface area contributed by atoms with Crippen LogP contribution in [0.2, 0.25) is 0 Å². The SMILES string of the molecule is CCOc1ccc(C(=O)Nc2ccc(C[NH+]3CCOCC3)cc2)cc1Br. The third-order valence-electron chi connectivity index (χ3n) is 4.36. The molecule has 3 rings (SSSR count). The number of halogens is 1. The van der Waals surface area contributed by atoms with Gasteiger partial charge in [-0.05, 0) is 53.2 Å². The molecule has 2 aromatic carbocycles. The molecule has 26 heavy (non-hydrogen) atoms. The van der Waals surface area contributed by atoms with Gasteiger partial charge in [-0.15, -0.1) is 0 Å². The second-order valence-electron chi connectivity index (χ2n) is 6.27. The molecule has 1 heterocycles. The number of carbonyl (C=O) groups excluding carboxylic acids is 1. The zero-order valence-corrected chi connectivity index (χ0v) is 16.5. The average molecular weight is 420 g/mol. The van der Waals surface area contributed by atoms with Gasteiger partial charge in [-0.25, -0.2) is 0 Å². The van der Waals surface area contributed by atoms with E-state index in [4.69, 9.17) is 9.47 Å². The van der Waals surface area contributed by atoms with Crippen molar-refractivity contribution in [3.05, 3.63) is 58.1 Å². The highest BCUT2D eigenvalue weighted by atomic mass is 79.9. The predicted octanol–water partition coefficient (Wildman–Crippen LogP) is 2.52. The van der Waals surface area contributed by atoms with Crippen molar-refractivity contribution >= 4 is 27.5 Å². The lowest BCUT2D eigenvalue weighted by Crippen LogP contribution is -3.12. The van der Waals surface area contributed by atoms with Gasteiger partial charge in [0.05, 0.1) is 24.3 Å². The van der Waals surface area contributed by atoms with Crippen molar-refractivity contribution in [1.82, 2.24) is 0 Å². The molecule has 0 spiro atoms. The Morgan fingerprint density at radius 1 is 1.19 bits per heavy atom. The zero-order chi connectivity index (χ0) is 18.4. The molecule has 1 saturated heterocycles. The fourth-order valence-electron chi connectivity index (χ4n) is 2.95. The molecular formula is C20H24BrN2O3+. The summed E-state index contributed by atoms with van der Waals surface area (Å²) in [6.45, 7) is 7.27. The van der Waals surface area contributed by atoms with Gasteiger partial charge in [-0.3, -0.25) is 4.79 Å². The van der Waals surface area contributed by atoms with Gasteiger partial charge in [0.1, 0.15) is 25.4 Å². The number of quaternary nitrogens is 1. The van der Waals surface area contributed by atoms with Crippen molar-refractivity contribution < 1.29 is 19.2 Å². The topological polar surface area (TPSA) is 52.0 Å². The summed E-state index contributed by atoms with van der Waals surface area (Å²) in [5.74, 6) is 0.597. The van der Waals surface area contributed by atoms with Gasteiger partial charge >= 0.3 is 0 Å². The van der Waals surface area contributed by atoms with E-state index in [9.17, 15) is 4.79 Å². The lowest BCUT2D eigenvalue weighted by molar-refractivity contribution is -0.921. The van der Waals surface area contributed by atoms with E-state index >= 15 is 0 Å². The van der Waals surface area contributed by atoms with Crippen LogP contribution in [0.4, 0.5) is 5.69 Å². The van der Waals surface area contributed by atoms with E-state index < -0.39 is 0 Å². The Morgan fingerprint density at radius 3 is 2.58 bits per heavy atom. The zero-order valence-electron chi connectivity index (χ0n) is 14.9. The molecular weight excluding hydrogens is 396 g/mol. The van der Waals surface area contributed by atoms with Crippen LogP contribution in [0.25, 0.3) is 0 Å². The minimum Gasteiger partial charge on any atom is -0.493 e. The van der Waals surface area contributed by atoms with Gasteiger partial charge in [-0.2, -0.15) is 0 Å². The van der Waals surface area contributed by atoms with E-state index in [1.54, 1.807) is 18.2 Å². The molecule has 5 nitrogen and oxygen atoms in total. The van der Waals surface area contributed by atoms with Crippen molar-refractivity contribution in [1.29, 1.82) is 0 Å². The predicted molar refractivity (Wildman–Crippen MR) is 105 cm³/mol. The van der Waals surface area contributed by atoms with Crippen LogP contribution in [-0.2, 0) is 11.3 Å². The van der Waals surface area contributed by atoms with Crippen LogP contribution in [-0.4, -0.2) is 38.8 Å². The Kier molecular flexibility index (Phi) is 6.66. The van der Waals surface area contributed by atoms with Crippen LogP contribution in [0.1, 0.15) is 22.8 Å². The molecule has 1 amide bonds. The number of hydrogen-bond donors (Lipinski definition) is 2. The Balaban J connectivity index is 1.59. The van der Waals surface area contributed by atoms with Gasteiger partial charge in [-0.1, -0.05) is 12.1 Å². The maximum atomic E-state index is 12.4. The lowest BCUT2D eigenvalue weighted by Gasteiger charge is -2.23. The second-order valence-corrected chi connectivity index (χ2v) is 7.12. The van der Waals surface area contributed by atoms with Gasteiger partial charge in [0.2, 0.25) is 0 Å². The Hall–Kier alpha value is -1.89. The Morgan fingerprint density at radius 2 is 1.92 bits per heavy atom. The third-order valence-corrected chi connectivity index (χ3v) is 4.98. The molecule has 0 unspecified atom stereocenters. The van der Waals surface area contributed by atoms with E-state index in [0.717, 1.165) is 48.8 Å². The molecule has 1 fully saturated rings. The summed E-state index contributed by atoms with van der Waals surface area (Å²) >= 11 is 3.44. The first-order chi connectivity index (χ1) is 12.7. The van der Waals surface area contributed by atoms with Crippen LogP contribution >= 0.6 is 15.9 Å². The highest BCUT2D eigenvalue weighted by Crippen LogP contribution is 2.26. The molecule has 2 N–H and O–H groups in total. The first-order valence-corrected chi connectivity index (χ1v) is 9.69. The quantitative estimate of drug-likeness (QED) is 0.756. The number of nitrogens with one attached hydrogen (secondary N) is 2. The summed E-state index contributed by atoms with van der Waals surface area (Å²) in [7, 11) is 0. The Bertz CT molecular complexity index is 743. The number of carbonyl (C=O) groups is 1. The van der Waals surface area contributed by atoms with E-state index in [-0.39, 0.29) is 5.91 Å². The van der Waals surface area contributed by atoms with E-state index in [2.05, 4.69) is 33.4 Å². The average Bonchev–Trinajstić information content (AvgIpc) is 2.66. The molecule has 0 atom stereocenters. The highest BCUT2D eigenvalue weighted by Gasteiger charge is 2.14. The van der Waals surface area contributed by atoms with Crippen molar-refractivity contribution in [3.8, 4) is 5.75 Å². The molecule has 1 aliphatic heterocycles. The van der Waals surface area contributed by atoms with Gasteiger partial charge in [0, 0.05) is 16.8 Å². The monoisotopic (exact) mass is 419 g/mol. The maximum Gasteiger partial charge on any atom is 0.255 e. The van der Waals surface area contributed by atoms with Crippen molar-refractivity contribution in [2.45, 2.75) is 13.5 Å². The largest absolute Gasteiger partial charge is 0.493 e. The van der Waals surface area contributed by atoms with Crippen LogP contribution in [0.5, 0.6) is 5.75 Å². The summed E-state index contributed by atoms with van der Waals surface area (Å²) < 4.78 is 11.6. The van der Waals surface area contributed by atoms with Gasteiger partial charge in [0.25, 0.3) is 5.91 Å². The fourth-order valence-corrected chi connectivity index (χ4v) is 3.44. The molecule has 0 aliphatic carbocycles. The number of hydrogen-bond acceptors (Lipinski definition) is 3.